The zero-order chi connectivity index (χ0) is 14.9. The minimum Gasteiger partial charge on any atom is -0.491 e. The lowest BCUT2D eigenvalue weighted by Crippen LogP contribution is -3.11. The summed E-state index contributed by atoms with van der Waals surface area (Å²) >= 11 is 0. The van der Waals surface area contributed by atoms with Crippen molar-refractivity contribution in [2.75, 3.05) is 19.7 Å². The van der Waals surface area contributed by atoms with Crippen molar-refractivity contribution < 1.29 is 14.7 Å². The first-order valence-electron chi connectivity index (χ1n) is 7.51. The molecule has 1 unspecified atom stereocenters. The van der Waals surface area contributed by atoms with Crippen molar-refractivity contribution in [3.05, 3.63) is 66.2 Å². The lowest BCUT2D eigenvalue weighted by atomic mass is 10.2. The Labute approximate surface area is 126 Å². The Morgan fingerprint density at radius 2 is 1.62 bits per heavy atom. The van der Waals surface area contributed by atoms with Crippen LogP contribution >= 0.6 is 0 Å². The predicted octanol–water partition coefficient (Wildman–Crippen LogP) is 1.53. The molecule has 21 heavy (non-hydrogen) atoms. The molecule has 2 aromatic carbocycles. The number of para-hydroxylation sites is 1. The summed E-state index contributed by atoms with van der Waals surface area (Å²) in [7, 11) is 0. The Kier molecular flexibility index (Phi) is 6.25. The van der Waals surface area contributed by atoms with Crippen LogP contribution in [-0.4, -0.2) is 30.9 Å². The van der Waals surface area contributed by atoms with E-state index in [0.717, 1.165) is 18.8 Å². The van der Waals surface area contributed by atoms with Gasteiger partial charge in [0.15, 0.2) is 0 Å². The first-order valence-corrected chi connectivity index (χ1v) is 7.51. The fourth-order valence-electron chi connectivity index (χ4n) is 2.33. The third kappa shape index (κ3) is 5.58. The zero-order valence-electron chi connectivity index (χ0n) is 12.5. The molecule has 2 atom stereocenters. The van der Waals surface area contributed by atoms with Gasteiger partial charge < -0.3 is 14.7 Å². The first-order chi connectivity index (χ1) is 10.3. The van der Waals surface area contributed by atoms with E-state index in [1.54, 1.807) is 0 Å². The highest BCUT2D eigenvalue weighted by molar-refractivity contribution is 5.20. The van der Waals surface area contributed by atoms with E-state index in [1.165, 1.54) is 10.5 Å². The lowest BCUT2D eigenvalue weighted by molar-refractivity contribution is -0.915. The van der Waals surface area contributed by atoms with Crippen LogP contribution in [0.4, 0.5) is 0 Å². The van der Waals surface area contributed by atoms with E-state index in [9.17, 15) is 5.11 Å². The van der Waals surface area contributed by atoms with Crippen LogP contribution in [0.2, 0.25) is 0 Å². The number of rotatable bonds is 8. The molecule has 0 fully saturated rings. The molecule has 0 aliphatic carbocycles. The van der Waals surface area contributed by atoms with Gasteiger partial charge in [0.2, 0.25) is 0 Å². The van der Waals surface area contributed by atoms with Crippen LogP contribution in [-0.2, 0) is 6.54 Å². The van der Waals surface area contributed by atoms with Crippen LogP contribution in [0.5, 0.6) is 5.75 Å². The van der Waals surface area contributed by atoms with Crippen molar-refractivity contribution in [3.63, 3.8) is 0 Å². The number of aliphatic hydroxyl groups excluding tert-OH is 1. The second-order valence-corrected chi connectivity index (χ2v) is 5.25. The third-order valence-electron chi connectivity index (χ3n) is 3.51. The minimum absolute atomic E-state index is 0.336. The predicted molar refractivity (Wildman–Crippen MR) is 84.5 cm³/mol. The fraction of sp³-hybridized carbons (Fsp3) is 0.333. The van der Waals surface area contributed by atoms with Crippen molar-refractivity contribution in [1.82, 2.24) is 0 Å². The molecule has 3 nitrogen and oxygen atoms in total. The van der Waals surface area contributed by atoms with Gasteiger partial charge in [-0.25, -0.2) is 0 Å². The van der Waals surface area contributed by atoms with Crippen LogP contribution in [0.25, 0.3) is 0 Å². The van der Waals surface area contributed by atoms with Crippen LogP contribution in [0, 0.1) is 0 Å². The standard InChI is InChI=1S/C18H23NO2/c1-2-19(13-16-9-5-3-6-10-16)14-17(20)15-21-18-11-7-4-8-12-18/h3-12,17,20H,2,13-15H2,1H3/p+1/t17-/m1/s1. The molecule has 112 valence electrons. The molecule has 0 radical (unpaired) electrons. The molecule has 0 spiro atoms. The molecule has 0 aromatic heterocycles. The Hall–Kier alpha value is -1.84. The second-order valence-electron chi connectivity index (χ2n) is 5.25. The highest BCUT2D eigenvalue weighted by Gasteiger charge is 2.14. The summed E-state index contributed by atoms with van der Waals surface area (Å²) in [6.07, 6.45) is -0.455. The topological polar surface area (TPSA) is 33.9 Å². The second kappa shape index (κ2) is 8.45. The van der Waals surface area contributed by atoms with Gasteiger partial charge in [0.25, 0.3) is 0 Å². The first kappa shape index (κ1) is 15.5. The number of benzene rings is 2. The van der Waals surface area contributed by atoms with Crippen LogP contribution in [0.3, 0.4) is 0 Å². The van der Waals surface area contributed by atoms with Crippen LogP contribution in [0.15, 0.2) is 60.7 Å². The molecule has 0 bridgehead atoms. The van der Waals surface area contributed by atoms with Gasteiger partial charge in [0.1, 0.15) is 31.5 Å². The number of nitrogens with one attached hydrogen (secondary N) is 1. The van der Waals surface area contributed by atoms with Gasteiger partial charge in [-0.3, -0.25) is 0 Å². The minimum atomic E-state index is -0.455. The zero-order valence-corrected chi connectivity index (χ0v) is 12.5. The van der Waals surface area contributed by atoms with Gasteiger partial charge >= 0.3 is 0 Å². The number of hydrogen-bond acceptors (Lipinski definition) is 2. The lowest BCUT2D eigenvalue weighted by Gasteiger charge is -2.21. The van der Waals surface area contributed by atoms with Gasteiger partial charge in [-0.1, -0.05) is 48.5 Å². The van der Waals surface area contributed by atoms with Crippen molar-refractivity contribution in [2.24, 2.45) is 0 Å². The number of aliphatic hydroxyl groups is 1. The summed E-state index contributed by atoms with van der Waals surface area (Å²) in [5.74, 6) is 0.803. The summed E-state index contributed by atoms with van der Waals surface area (Å²) in [6.45, 7) is 5.08. The Balaban J connectivity index is 1.78. The van der Waals surface area contributed by atoms with Gasteiger partial charge in [0.05, 0.1) is 6.54 Å². The van der Waals surface area contributed by atoms with Crippen molar-refractivity contribution in [3.8, 4) is 5.75 Å². The highest BCUT2D eigenvalue weighted by atomic mass is 16.5. The number of hydrogen-bond donors (Lipinski definition) is 2. The van der Waals surface area contributed by atoms with Gasteiger partial charge in [-0.15, -0.1) is 0 Å². The summed E-state index contributed by atoms with van der Waals surface area (Å²) in [4.78, 5) is 1.35. The maximum Gasteiger partial charge on any atom is 0.137 e. The molecule has 0 aliphatic heterocycles. The molecule has 0 saturated carbocycles. The normalized spacial score (nSPS) is 13.6. The summed E-state index contributed by atoms with van der Waals surface area (Å²) in [5, 5.41) is 10.1. The summed E-state index contributed by atoms with van der Waals surface area (Å²) in [5.41, 5.74) is 1.30. The monoisotopic (exact) mass is 286 g/mol. The van der Waals surface area contributed by atoms with E-state index >= 15 is 0 Å². The van der Waals surface area contributed by atoms with Gasteiger partial charge in [0, 0.05) is 5.56 Å². The van der Waals surface area contributed by atoms with Crippen molar-refractivity contribution >= 4 is 0 Å². The third-order valence-corrected chi connectivity index (χ3v) is 3.51. The van der Waals surface area contributed by atoms with E-state index in [1.807, 2.05) is 36.4 Å². The Bertz CT molecular complexity index is 501. The number of ether oxygens (including phenoxy) is 1. The average Bonchev–Trinajstić information content (AvgIpc) is 2.54. The maximum absolute atomic E-state index is 10.1. The fourth-order valence-corrected chi connectivity index (χ4v) is 2.33. The van der Waals surface area contributed by atoms with Crippen LogP contribution in [0.1, 0.15) is 12.5 Å². The van der Waals surface area contributed by atoms with E-state index < -0.39 is 6.10 Å². The van der Waals surface area contributed by atoms with Crippen molar-refractivity contribution in [2.45, 2.75) is 19.6 Å². The summed E-state index contributed by atoms with van der Waals surface area (Å²) < 4.78 is 5.60. The Morgan fingerprint density at radius 3 is 2.24 bits per heavy atom. The number of quaternary nitrogens is 1. The molecule has 0 heterocycles. The molecule has 2 rings (SSSR count). The average molecular weight is 286 g/mol. The molecular weight excluding hydrogens is 262 g/mol. The van der Waals surface area contributed by atoms with Gasteiger partial charge in [-0.2, -0.15) is 0 Å². The molecule has 0 aliphatic rings. The molecule has 0 amide bonds. The quantitative estimate of drug-likeness (QED) is 0.772. The van der Waals surface area contributed by atoms with E-state index in [0.29, 0.717) is 13.2 Å². The van der Waals surface area contributed by atoms with E-state index in [4.69, 9.17) is 4.74 Å². The molecule has 3 heteroatoms. The molecule has 0 saturated heterocycles. The van der Waals surface area contributed by atoms with Gasteiger partial charge in [-0.05, 0) is 19.1 Å². The van der Waals surface area contributed by atoms with E-state index in [2.05, 4.69) is 31.2 Å². The largest absolute Gasteiger partial charge is 0.491 e. The SMILES string of the molecule is CC[NH+](Cc1ccccc1)C[C@@H](O)COc1ccccc1. The molecule has 2 aromatic rings. The molecular formula is C18H24NO2+. The van der Waals surface area contributed by atoms with Crippen molar-refractivity contribution in [1.29, 1.82) is 0 Å². The highest BCUT2D eigenvalue weighted by Crippen LogP contribution is 2.08. The summed E-state index contributed by atoms with van der Waals surface area (Å²) in [6, 6.07) is 20.0. The molecule has 2 N–H and O–H groups in total. The van der Waals surface area contributed by atoms with E-state index in [-0.39, 0.29) is 0 Å². The Morgan fingerprint density at radius 1 is 1.00 bits per heavy atom. The number of likely N-dealkylation sites (N-methyl/N-ethyl adjacent to an activating group) is 1. The smallest absolute Gasteiger partial charge is 0.137 e. The maximum atomic E-state index is 10.1. The van der Waals surface area contributed by atoms with Crippen LogP contribution < -0.4 is 9.64 Å².